The van der Waals surface area contributed by atoms with Crippen LogP contribution < -0.4 is 17.1 Å². The van der Waals surface area contributed by atoms with Crippen LogP contribution in [0.3, 0.4) is 0 Å². The van der Waals surface area contributed by atoms with Crippen molar-refractivity contribution in [2.75, 3.05) is 0 Å². The van der Waals surface area contributed by atoms with Crippen LogP contribution in [0.1, 0.15) is 151 Å². The summed E-state index contributed by atoms with van der Waals surface area (Å²) in [6.07, 6.45) is 0. The Morgan fingerprint density at radius 2 is 0.667 bits per heavy atom. The van der Waals surface area contributed by atoms with E-state index >= 15 is 0 Å². The molecule has 1 heterocycles. The smallest absolute Gasteiger partial charge is 0.341 e. The minimum absolute atomic E-state index is 0.0899. The topological polar surface area (TPSA) is 206 Å². The minimum Gasteiger partial charge on any atom is -0.507 e. The largest absolute Gasteiger partial charge is 0.507 e. The highest BCUT2D eigenvalue weighted by Gasteiger charge is 2.29. The molecule has 342 valence electrons. The van der Waals surface area contributed by atoms with Gasteiger partial charge in [-0.25, -0.2) is 28.1 Å². The second-order valence-corrected chi connectivity index (χ2v) is 19.5. The molecule has 0 spiro atoms. The average Bonchev–Trinajstić information content (AvgIpc) is 3.17. The molecule has 0 amide bonds. The van der Waals surface area contributed by atoms with E-state index in [0.717, 1.165) is 0 Å². The Morgan fingerprint density at radius 1 is 0.460 bits per heavy atom. The van der Waals surface area contributed by atoms with E-state index in [4.69, 9.17) is 14.2 Å². The van der Waals surface area contributed by atoms with Gasteiger partial charge in [0.25, 0.3) is 0 Å². The molecule has 3 aromatic carbocycles. The molecule has 3 unspecified atom stereocenters. The maximum absolute atomic E-state index is 13.9. The zero-order valence-electron chi connectivity index (χ0n) is 39.2. The summed E-state index contributed by atoms with van der Waals surface area (Å²) < 4.78 is 17.8. The van der Waals surface area contributed by atoms with Gasteiger partial charge >= 0.3 is 35.0 Å². The molecule has 0 aliphatic carbocycles. The molecule has 15 nitrogen and oxygen atoms in total. The van der Waals surface area contributed by atoms with Gasteiger partial charge < -0.3 is 29.5 Å². The highest BCUT2D eigenvalue weighted by molar-refractivity contribution is 5.79. The fraction of sp³-hybridized carbons (Fsp3) is 0.500. The Balaban J connectivity index is 1.71. The fourth-order valence-electron chi connectivity index (χ4n) is 7.07. The molecule has 63 heavy (non-hydrogen) atoms. The van der Waals surface area contributed by atoms with Crippen molar-refractivity contribution in [2.45, 2.75) is 158 Å². The lowest BCUT2D eigenvalue weighted by atomic mass is 9.82. The van der Waals surface area contributed by atoms with Crippen molar-refractivity contribution in [1.82, 2.24) is 13.7 Å². The third kappa shape index (κ3) is 10.7. The summed E-state index contributed by atoms with van der Waals surface area (Å²) in [5.41, 5.74) is -0.337. The Labute approximate surface area is 367 Å². The molecule has 3 atom stereocenters. The van der Waals surface area contributed by atoms with Gasteiger partial charge in [-0.1, -0.05) is 98.7 Å². The molecule has 4 aromatic rings. The number of aromatic nitrogens is 3. The molecule has 0 saturated heterocycles. The number of benzene rings is 3. The zero-order chi connectivity index (χ0) is 47.8. The summed E-state index contributed by atoms with van der Waals surface area (Å²) >= 11 is 0. The standard InChI is InChI=1S/C48H63N3O12/c1-25-16-31(19-34(37(25)52)46(7,8)9)28(4)40(55)61-22-49-43(58)50(23-62-41(56)29(5)32-17-26(2)38(53)35(20-32)47(10,11)12)45(60)51(44(49)59)24-63-42(57)30(6)33-18-27(3)39(54)36(21-33)48(13,14)15/h16-21,28-30,52-54H,22-24H2,1-15H3. The normalized spacial score (nSPS) is 13.6. The number of hydrogen-bond donors (Lipinski definition) is 3. The quantitative estimate of drug-likeness (QED) is 0.0971. The van der Waals surface area contributed by atoms with Gasteiger partial charge in [-0.15, -0.1) is 0 Å². The number of ether oxygens (including phenoxy) is 3. The first kappa shape index (κ1) is 49.5. The number of aromatic hydroxyl groups is 3. The molecule has 0 radical (unpaired) electrons. The van der Waals surface area contributed by atoms with Gasteiger partial charge in [-0.3, -0.25) is 14.4 Å². The Bertz CT molecular complexity index is 2300. The van der Waals surface area contributed by atoms with Crippen molar-refractivity contribution >= 4 is 17.9 Å². The molecule has 0 aliphatic heterocycles. The summed E-state index contributed by atoms with van der Waals surface area (Å²) in [6.45, 7) is 24.0. The average molecular weight is 874 g/mol. The van der Waals surface area contributed by atoms with E-state index in [-0.39, 0.29) is 17.2 Å². The first-order valence-corrected chi connectivity index (χ1v) is 20.8. The monoisotopic (exact) mass is 873 g/mol. The summed E-state index contributed by atoms with van der Waals surface area (Å²) in [7, 11) is 0. The van der Waals surface area contributed by atoms with Crippen LogP contribution in [0.15, 0.2) is 50.8 Å². The third-order valence-electron chi connectivity index (χ3n) is 11.3. The zero-order valence-corrected chi connectivity index (χ0v) is 39.2. The minimum atomic E-state index is -1.28. The molecular weight excluding hydrogens is 811 g/mol. The van der Waals surface area contributed by atoms with E-state index < -0.39 is 89.2 Å². The van der Waals surface area contributed by atoms with E-state index in [1.54, 1.807) is 77.9 Å². The Kier molecular flexibility index (Phi) is 14.4. The number of phenols is 3. The van der Waals surface area contributed by atoms with Crippen LogP contribution in [0.25, 0.3) is 0 Å². The number of carbonyl (C=O) groups is 3. The van der Waals surface area contributed by atoms with Crippen LogP contribution in [0.4, 0.5) is 0 Å². The van der Waals surface area contributed by atoms with Crippen molar-refractivity contribution < 1.29 is 43.9 Å². The summed E-state index contributed by atoms with van der Waals surface area (Å²) in [6, 6.07) is 9.95. The number of nitrogens with zero attached hydrogens (tertiary/aromatic N) is 3. The first-order chi connectivity index (χ1) is 28.9. The van der Waals surface area contributed by atoms with E-state index in [2.05, 4.69) is 0 Å². The second kappa shape index (κ2) is 18.3. The number of aryl methyl sites for hydroxylation is 3. The van der Waals surface area contributed by atoms with Gasteiger partial charge in [0.05, 0.1) is 17.8 Å². The molecule has 0 saturated carbocycles. The molecular formula is C48H63N3O12. The van der Waals surface area contributed by atoms with Crippen LogP contribution in [-0.4, -0.2) is 46.9 Å². The SMILES string of the molecule is Cc1cc(C(C)C(=O)OCn2c(=O)n(COC(=O)C(C)c3cc(C)c(O)c(C(C)(C)C)c3)c(=O)n(COC(=O)C(C)c3cc(C)c(O)c(C(C)(C)C)c3)c2=O)cc(C(C)(C)C)c1O. The number of carbonyl (C=O) groups excluding carboxylic acids is 3. The van der Waals surface area contributed by atoms with Crippen molar-refractivity contribution in [1.29, 1.82) is 0 Å². The maximum atomic E-state index is 13.9. The number of phenolic OH excluding ortho intramolecular Hbond substituents is 3. The van der Waals surface area contributed by atoms with Gasteiger partial charge in [-0.05, 0) is 108 Å². The van der Waals surface area contributed by atoms with Crippen LogP contribution in [0.2, 0.25) is 0 Å². The lowest BCUT2D eigenvalue weighted by Crippen LogP contribution is -2.55. The summed E-state index contributed by atoms with van der Waals surface area (Å²) in [5.74, 6) is -5.03. The number of hydrogen-bond acceptors (Lipinski definition) is 12. The van der Waals surface area contributed by atoms with Gasteiger partial charge in [0.2, 0.25) is 0 Å². The van der Waals surface area contributed by atoms with Crippen molar-refractivity contribution in [3.63, 3.8) is 0 Å². The number of esters is 3. The molecule has 0 bridgehead atoms. The number of rotatable bonds is 12. The van der Waals surface area contributed by atoms with Crippen LogP contribution in [0.5, 0.6) is 17.2 Å². The highest BCUT2D eigenvalue weighted by Crippen LogP contribution is 2.38. The maximum Gasteiger partial charge on any atom is 0.341 e. The van der Waals surface area contributed by atoms with E-state index in [0.29, 0.717) is 63.8 Å². The van der Waals surface area contributed by atoms with Crippen molar-refractivity contribution in [3.8, 4) is 17.2 Å². The van der Waals surface area contributed by atoms with E-state index in [1.807, 2.05) is 62.3 Å². The van der Waals surface area contributed by atoms with Crippen molar-refractivity contribution in [2.24, 2.45) is 0 Å². The van der Waals surface area contributed by atoms with Gasteiger partial charge in [0.15, 0.2) is 20.2 Å². The van der Waals surface area contributed by atoms with E-state index in [9.17, 15) is 44.1 Å². The van der Waals surface area contributed by atoms with Gasteiger partial charge in [-0.2, -0.15) is 0 Å². The summed E-state index contributed by atoms with van der Waals surface area (Å²) in [5, 5.41) is 32.2. The predicted molar refractivity (Wildman–Crippen MR) is 237 cm³/mol. The lowest BCUT2D eigenvalue weighted by Gasteiger charge is -2.24. The fourth-order valence-corrected chi connectivity index (χ4v) is 7.07. The molecule has 15 heteroatoms. The third-order valence-corrected chi connectivity index (χ3v) is 11.3. The van der Waals surface area contributed by atoms with Crippen LogP contribution in [-0.2, 0) is 65.0 Å². The molecule has 0 fully saturated rings. The lowest BCUT2D eigenvalue weighted by molar-refractivity contribution is -0.149. The predicted octanol–water partition coefficient (Wildman–Crippen LogP) is 7.02. The Hall–Kier alpha value is -6.12. The molecule has 3 N–H and O–H groups in total. The van der Waals surface area contributed by atoms with Crippen LogP contribution >= 0.6 is 0 Å². The highest BCUT2D eigenvalue weighted by atomic mass is 16.6. The van der Waals surface area contributed by atoms with Gasteiger partial charge in [0, 0.05) is 0 Å². The Morgan fingerprint density at radius 3 is 0.857 bits per heavy atom. The molecule has 1 aromatic heterocycles. The molecule has 4 rings (SSSR count). The second-order valence-electron chi connectivity index (χ2n) is 19.5. The van der Waals surface area contributed by atoms with Crippen LogP contribution in [0, 0.1) is 20.8 Å². The van der Waals surface area contributed by atoms with Gasteiger partial charge in [0.1, 0.15) is 17.2 Å². The van der Waals surface area contributed by atoms with E-state index in [1.165, 1.54) is 0 Å². The van der Waals surface area contributed by atoms with Crippen molar-refractivity contribution in [3.05, 3.63) is 118 Å². The molecule has 0 aliphatic rings. The first-order valence-electron chi connectivity index (χ1n) is 20.8. The summed E-state index contributed by atoms with van der Waals surface area (Å²) in [4.78, 5) is 82.2.